The largest absolute Gasteiger partial charge is 0.394 e. The molecular formula is C12H21N5O2S. The lowest BCUT2D eigenvalue weighted by atomic mass is 10.1. The summed E-state index contributed by atoms with van der Waals surface area (Å²) in [6, 6.07) is -0.0582. The van der Waals surface area contributed by atoms with Crippen molar-refractivity contribution in [2.75, 3.05) is 30.3 Å². The van der Waals surface area contributed by atoms with Crippen molar-refractivity contribution in [1.29, 1.82) is 0 Å². The number of thiazole rings is 1. The van der Waals surface area contributed by atoms with Crippen LogP contribution in [0.25, 0.3) is 0 Å². The Morgan fingerprint density at radius 2 is 2.25 bits per heavy atom. The molecular weight excluding hydrogens is 278 g/mol. The molecule has 7 nitrogen and oxygen atoms in total. The average Bonchev–Trinajstić information content (AvgIpc) is 2.81. The predicted octanol–water partition coefficient (Wildman–Crippen LogP) is -0.237. The number of hydrogen-bond donors (Lipinski definition) is 4. The van der Waals surface area contributed by atoms with Gasteiger partial charge in [0.25, 0.3) is 5.91 Å². The number of nitrogen functional groups attached to an aromatic ring is 1. The number of amides is 1. The minimum Gasteiger partial charge on any atom is -0.394 e. The predicted molar refractivity (Wildman–Crippen MR) is 80.0 cm³/mol. The Morgan fingerprint density at radius 1 is 1.60 bits per heavy atom. The molecule has 20 heavy (non-hydrogen) atoms. The summed E-state index contributed by atoms with van der Waals surface area (Å²) in [4.78, 5) is 18.8. The van der Waals surface area contributed by atoms with Crippen molar-refractivity contribution in [1.82, 2.24) is 10.3 Å². The van der Waals surface area contributed by atoms with Gasteiger partial charge in [-0.25, -0.2) is 4.98 Å². The lowest BCUT2D eigenvalue weighted by Crippen LogP contribution is -2.39. The van der Waals surface area contributed by atoms with Gasteiger partial charge in [0.15, 0.2) is 5.13 Å². The molecule has 0 bridgehead atoms. The summed E-state index contributed by atoms with van der Waals surface area (Å²) >= 11 is 1.28. The first-order valence-electron chi connectivity index (χ1n) is 6.69. The van der Waals surface area contributed by atoms with Crippen LogP contribution in [0.4, 0.5) is 10.9 Å². The van der Waals surface area contributed by atoms with Crippen LogP contribution in [0.2, 0.25) is 0 Å². The Hall–Kier alpha value is -1.38. The van der Waals surface area contributed by atoms with E-state index >= 15 is 0 Å². The molecule has 1 aliphatic rings. The molecule has 0 radical (unpaired) electrons. The molecule has 0 aliphatic carbocycles. The van der Waals surface area contributed by atoms with Gasteiger partial charge in [0.05, 0.1) is 6.61 Å². The first-order valence-corrected chi connectivity index (χ1v) is 7.51. The first-order chi connectivity index (χ1) is 9.51. The number of aliphatic hydroxyl groups excluding tert-OH is 1. The van der Waals surface area contributed by atoms with E-state index in [1.165, 1.54) is 11.3 Å². The fourth-order valence-electron chi connectivity index (χ4n) is 2.04. The van der Waals surface area contributed by atoms with Crippen molar-refractivity contribution in [3.8, 4) is 0 Å². The molecule has 1 saturated heterocycles. The monoisotopic (exact) mass is 299 g/mol. The van der Waals surface area contributed by atoms with Gasteiger partial charge in [-0.15, -0.1) is 0 Å². The second-order valence-corrected chi connectivity index (χ2v) is 6.07. The molecule has 6 N–H and O–H groups in total. The average molecular weight is 299 g/mol. The van der Waals surface area contributed by atoms with Crippen LogP contribution in [-0.2, 0) is 0 Å². The zero-order valence-corrected chi connectivity index (χ0v) is 12.3. The lowest BCUT2D eigenvalue weighted by molar-refractivity contribution is 0.0927. The van der Waals surface area contributed by atoms with Crippen LogP contribution >= 0.6 is 11.3 Å². The number of carbonyl (C=O) groups is 1. The van der Waals surface area contributed by atoms with Gasteiger partial charge in [0.2, 0.25) is 0 Å². The molecule has 0 saturated carbocycles. The smallest absolute Gasteiger partial charge is 0.265 e. The molecule has 1 fully saturated rings. The van der Waals surface area contributed by atoms with Gasteiger partial charge in [-0.1, -0.05) is 11.3 Å². The number of aliphatic hydroxyl groups is 1. The normalized spacial score (nSPS) is 18.1. The molecule has 2 heterocycles. The second-order valence-electron chi connectivity index (χ2n) is 5.09. The van der Waals surface area contributed by atoms with Crippen LogP contribution in [-0.4, -0.2) is 47.8 Å². The highest BCUT2D eigenvalue weighted by Crippen LogP contribution is 2.29. The number of anilines is 2. The van der Waals surface area contributed by atoms with Crippen molar-refractivity contribution in [3.63, 3.8) is 0 Å². The number of carbonyl (C=O) groups excluding carboxylic acids is 1. The lowest BCUT2D eigenvalue weighted by Gasteiger charge is -2.29. The number of nitrogens with two attached hydrogens (primary N) is 2. The number of piperidine rings is 1. The Kier molecular flexibility index (Phi) is 4.79. The highest BCUT2D eigenvalue weighted by Gasteiger charge is 2.23. The molecule has 8 heteroatoms. The van der Waals surface area contributed by atoms with E-state index in [4.69, 9.17) is 16.6 Å². The third-order valence-corrected chi connectivity index (χ3v) is 4.44. The summed E-state index contributed by atoms with van der Waals surface area (Å²) < 4.78 is 0. The Morgan fingerprint density at radius 3 is 2.85 bits per heavy atom. The molecule has 1 aromatic heterocycles. The van der Waals surface area contributed by atoms with Gasteiger partial charge < -0.3 is 26.8 Å². The van der Waals surface area contributed by atoms with E-state index in [1.807, 2.05) is 0 Å². The fraction of sp³-hybridized carbons (Fsp3) is 0.667. The standard InChI is InChI=1S/C12H21N5O2S/c1-7(6-18)15-11(19)9-10(14)16-12(20-9)17-4-2-8(13)3-5-17/h7-8,18H,2-6,13-14H2,1H3,(H,15,19). The Balaban J connectivity index is 2.07. The highest BCUT2D eigenvalue weighted by atomic mass is 32.1. The summed E-state index contributed by atoms with van der Waals surface area (Å²) in [5.41, 5.74) is 11.7. The quantitative estimate of drug-likeness (QED) is 0.610. The van der Waals surface area contributed by atoms with E-state index < -0.39 is 0 Å². The van der Waals surface area contributed by atoms with Crippen LogP contribution < -0.4 is 21.7 Å². The minimum absolute atomic E-state index is 0.110. The van der Waals surface area contributed by atoms with E-state index in [9.17, 15) is 4.79 Å². The van der Waals surface area contributed by atoms with Crippen molar-refractivity contribution in [3.05, 3.63) is 4.88 Å². The van der Waals surface area contributed by atoms with Gasteiger partial charge >= 0.3 is 0 Å². The maximum Gasteiger partial charge on any atom is 0.265 e. The van der Waals surface area contributed by atoms with Crippen molar-refractivity contribution < 1.29 is 9.90 Å². The summed E-state index contributed by atoms with van der Waals surface area (Å²) in [5, 5.41) is 12.4. The van der Waals surface area contributed by atoms with Crippen LogP contribution in [0.1, 0.15) is 29.4 Å². The number of nitrogens with one attached hydrogen (secondary N) is 1. The van der Waals surface area contributed by atoms with Crippen molar-refractivity contribution in [2.45, 2.75) is 31.8 Å². The van der Waals surface area contributed by atoms with E-state index in [2.05, 4.69) is 15.2 Å². The summed E-state index contributed by atoms with van der Waals surface area (Å²) in [5.74, 6) is -0.0518. The second kappa shape index (κ2) is 6.38. The number of aromatic nitrogens is 1. The van der Waals surface area contributed by atoms with Gasteiger partial charge in [0.1, 0.15) is 10.7 Å². The van der Waals surface area contributed by atoms with Gasteiger partial charge in [-0.3, -0.25) is 4.79 Å². The van der Waals surface area contributed by atoms with Crippen LogP contribution in [0.3, 0.4) is 0 Å². The van der Waals surface area contributed by atoms with E-state index in [0.717, 1.165) is 31.1 Å². The van der Waals surface area contributed by atoms with Gasteiger partial charge in [-0.2, -0.15) is 0 Å². The number of nitrogens with zero attached hydrogens (tertiary/aromatic N) is 2. The minimum atomic E-state index is -0.305. The molecule has 0 spiro atoms. The zero-order chi connectivity index (χ0) is 14.7. The van der Waals surface area contributed by atoms with Gasteiger partial charge in [0, 0.05) is 25.2 Å². The van der Waals surface area contributed by atoms with E-state index in [0.29, 0.717) is 4.88 Å². The highest BCUT2D eigenvalue weighted by molar-refractivity contribution is 7.18. The number of rotatable bonds is 4. The van der Waals surface area contributed by atoms with E-state index in [1.54, 1.807) is 6.92 Å². The first kappa shape index (κ1) is 15.0. The van der Waals surface area contributed by atoms with Gasteiger partial charge in [-0.05, 0) is 19.8 Å². The maximum absolute atomic E-state index is 12.0. The molecule has 1 aliphatic heterocycles. The SMILES string of the molecule is CC(CO)NC(=O)c1sc(N2CCC(N)CC2)nc1N. The third-order valence-electron chi connectivity index (χ3n) is 3.31. The summed E-state index contributed by atoms with van der Waals surface area (Å²) in [6.45, 7) is 3.29. The fourth-order valence-corrected chi connectivity index (χ4v) is 2.98. The summed E-state index contributed by atoms with van der Waals surface area (Å²) in [6.07, 6.45) is 1.84. The van der Waals surface area contributed by atoms with E-state index in [-0.39, 0.29) is 30.4 Å². The molecule has 1 amide bonds. The molecule has 1 atom stereocenters. The Bertz CT molecular complexity index is 470. The summed E-state index contributed by atoms with van der Waals surface area (Å²) in [7, 11) is 0. The van der Waals surface area contributed by atoms with Crippen molar-refractivity contribution >= 4 is 28.2 Å². The Labute approximate surface area is 122 Å². The van der Waals surface area contributed by atoms with Crippen LogP contribution in [0.15, 0.2) is 0 Å². The zero-order valence-electron chi connectivity index (χ0n) is 11.5. The molecule has 1 aromatic rings. The van der Waals surface area contributed by atoms with Crippen LogP contribution in [0, 0.1) is 0 Å². The van der Waals surface area contributed by atoms with Crippen molar-refractivity contribution in [2.24, 2.45) is 5.73 Å². The third kappa shape index (κ3) is 3.38. The molecule has 1 unspecified atom stereocenters. The molecule has 112 valence electrons. The molecule has 0 aromatic carbocycles. The van der Waals surface area contributed by atoms with Crippen LogP contribution in [0.5, 0.6) is 0 Å². The topological polar surface area (TPSA) is 118 Å². The molecule has 2 rings (SSSR count). The maximum atomic E-state index is 12.0. The number of hydrogen-bond acceptors (Lipinski definition) is 7.